The van der Waals surface area contributed by atoms with Crippen LogP contribution in [-0.2, 0) is 4.74 Å². The summed E-state index contributed by atoms with van der Waals surface area (Å²) in [4.78, 5) is 12.3. The van der Waals surface area contributed by atoms with Crippen LogP contribution in [0.25, 0.3) is 0 Å². The number of methoxy groups -OCH3 is 1. The monoisotopic (exact) mass is 397 g/mol. The summed E-state index contributed by atoms with van der Waals surface area (Å²) in [5.74, 6) is 0.343. The zero-order valence-electron chi connectivity index (χ0n) is 14.3. The Balaban J connectivity index is 1.89. The summed E-state index contributed by atoms with van der Waals surface area (Å²) in [5.41, 5.74) is 5.22. The number of rotatable bonds is 2. The summed E-state index contributed by atoms with van der Waals surface area (Å²) in [6.45, 7) is 2.09. The van der Waals surface area contributed by atoms with Crippen LogP contribution in [0.2, 0.25) is 0 Å². The number of carbonyl (C=O) groups is 1. The molecule has 1 N–H and O–H groups in total. The summed E-state index contributed by atoms with van der Waals surface area (Å²) in [6.07, 6.45) is 5.48. The van der Waals surface area contributed by atoms with Crippen molar-refractivity contribution in [3.05, 3.63) is 75.3 Å². The topological polar surface area (TPSA) is 38.3 Å². The van der Waals surface area contributed by atoms with Gasteiger partial charge in [0.05, 0.1) is 18.7 Å². The quantitative estimate of drug-likeness (QED) is 0.546. The molecule has 1 aliphatic heterocycles. The minimum absolute atomic E-state index is 0.203. The van der Waals surface area contributed by atoms with Crippen molar-refractivity contribution in [1.82, 2.24) is 0 Å². The SMILES string of the molecule is COC(=O)c1ccc(C)c2c1[C@@H]1C=CC[C@@H]1[C@@H](c1ccccc1Br)N2. The Bertz CT molecular complexity index is 874. The Kier molecular flexibility index (Phi) is 4.16. The number of halogens is 1. The lowest BCUT2D eigenvalue weighted by molar-refractivity contribution is 0.0598. The third-order valence-electron chi connectivity index (χ3n) is 5.37. The Morgan fingerprint density at radius 2 is 2.04 bits per heavy atom. The first kappa shape index (κ1) is 16.4. The highest BCUT2D eigenvalue weighted by atomic mass is 79.9. The highest BCUT2D eigenvalue weighted by Gasteiger charge is 2.41. The normalized spacial score (nSPS) is 23.6. The van der Waals surface area contributed by atoms with E-state index in [2.05, 4.69) is 58.5 Å². The van der Waals surface area contributed by atoms with Crippen molar-refractivity contribution in [2.45, 2.75) is 25.3 Å². The van der Waals surface area contributed by atoms with Gasteiger partial charge in [-0.3, -0.25) is 0 Å². The summed E-state index contributed by atoms with van der Waals surface area (Å²) in [7, 11) is 1.44. The molecule has 0 saturated carbocycles. The van der Waals surface area contributed by atoms with Gasteiger partial charge in [0, 0.05) is 16.1 Å². The van der Waals surface area contributed by atoms with Crippen LogP contribution < -0.4 is 5.32 Å². The zero-order chi connectivity index (χ0) is 17.6. The van der Waals surface area contributed by atoms with Gasteiger partial charge in [-0.05, 0) is 48.1 Å². The maximum Gasteiger partial charge on any atom is 0.338 e. The molecule has 0 aromatic heterocycles. The first-order chi connectivity index (χ1) is 12.1. The van der Waals surface area contributed by atoms with E-state index in [1.807, 2.05) is 18.2 Å². The minimum Gasteiger partial charge on any atom is -0.465 e. The molecule has 0 spiro atoms. The van der Waals surface area contributed by atoms with E-state index >= 15 is 0 Å². The molecule has 2 aromatic rings. The predicted molar refractivity (Wildman–Crippen MR) is 103 cm³/mol. The molecule has 1 aliphatic carbocycles. The predicted octanol–water partition coefficient (Wildman–Crippen LogP) is 5.37. The van der Waals surface area contributed by atoms with E-state index in [4.69, 9.17) is 4.74 Å². The summed E-state index contributed by atoms with van der Waals surface area (Å²) < 4.78 is 6.14. The van der Waals surface area contributed by atoms with E-state index in [-0.39, 0.29) is 17.9 Å². The minimum atomic E-state index is -0.267. The second-order valence-electron chi connectivity index (χ2n) is 6.71. The molecular weight excluding hydrogens is 378 g/mol. The van der Waals surface area contributed by atoms with Gasteiger partial charge in [0.25, 0.3) is 0 Å². The molecule has 4 rings (SSSR count). The zero-order valence-corrected chi connectivity index (χ0v) is 15.8. The van der Waals surface area contributed by atoms with Crippen LogP contribution in [0.5, 0.6) is 0 Å². The number of esters is 1. The first-order valence-electron chi connectivity index (χ1n) is 8.51. The van der Waals surface area contributed by atoms with Crippen molar-refractivity contribution < 1.29 is 9.53 Å². The molecule has 3 nitrogen and oxygen atoms in total. The van der Waals surface area contributed by atoms with Gasteiger partial charge in [-0.1, -0.05) is 52.3 Å². The molecule has 3 atom stereocenters. The standard InChI is InChI=1S/C21H20BrNO2/c1-12-10-11-16(21(24)25-2)18-13-7-5-8-14(13)20(23-19(12)18)15-6-3-4-9-17(15)22/h3-7,9-11,13-14,20,23H,8H2,1-2H3/t13-,14+,20+/m1/s1. The Morgan fingerprint density at radius 3 is 2.80 bits per heavy atom. The number of benzene rings is 2. The smallest absolute Gasteiger partial charge is 0.338 e. The van der Waals surface area contributed by atoms with Crippen molar-refractivity contribution in [3.63, 3.8) is 0 Å². The maximum atomic E-state index is 12.3. The van der Waals surface area contributed by atoms with E-state index in [0.29, 0.717) is 11.5 Å². The van der Waals surface area contributed by atoms with E-state index in [1.165, 1.54) is 12.7 Å². The number of hydrogen-bond donors (Lipinski definition) is 1. The lowest BCUT2D eigenvalue weighted by atomic mass is 9.75. The van der Waals surface area contributed by atoms with Crippen LogP contribution >= 0.6 is 15.9 Å². The van der Waals surface area contributed by atoms with Crippen molar-refractivity contribution in [2.75, 3.05) is 12.4 Å². The number of aryl methyl sites for hydroxylation is 1. The van der Waals surface area contributed by atoms with Crippen LogP contribution in [0.3, 0.4) is 0 Å². The van der Waals surface area contributed by atoms with Crippen molar-refractivity contribution in [3.8, 4) is 0 Å². The number of hydrogen-bond acceptors (Lipinski definition) is 3. The molecule has 2 aliphatic rings. The van der Waals surface area contributed by atoms with Gasteiger partial charge in [-0.25, -0.2) is 4.79 Å². The van der Waals surface area contributed by atoms with E-state index in [1.54, 1.807) is 0 Å². The molecule has 2 aromatic carbocycles. The maximum absolute atomic E-state index is 12.3. The lowest BCUT2D eigenvalue weighted by Crippen LogP contribution is -2.31. The molecule has 4 heteroatoms. The molecule has 0 fully saturated rings. The molecular formula is C21H20BrNO2. The third kappa shape index (κ3) is 2.60. The second-order valence-corrected chi connectivity index (χ2v) is 7.56. The number of ether oxygens (including phenoxy) is 1. The number of fused-ring (bicyclic) bond motifs is 3. The fourth-order valence-corrected chi connectivity index (χ4v) is 4.71. The van der Waals surface area contributed by atoms with Crippen LogP contribution in [0.1, 0.15) is 45.4 Å². The van der Waals surface area contributed by atoms with E-state index in [9.17, 15) is 4.79 Å². The molecule has 0 saturated heterocycles. The molecule has 128 valence electrons. The second kappa shape index (κ2) is 6.34. The van der Waals surface area contributed by atoms with Gasteiger partial charge in [-0.15, -0.1) is 0 Å². The summed E-state index contributed by atoms with van der Waals surface area (Å²) in [5, 5.41) is 3.74. The fourth-order valence-electron chi connectivity index (χ4n) is 4.18. The van der Waals surface area contributed by atoms with Crippen molar-refractivity contribution >= 4 is 27.6 Å². The third-order valence-corrected chi connectivity index (χ3v) is 6.10. The van der Waals surface area contributed by atoms with E-state index in [0.717, 1.165) is 27.7 Å². The van der Waals surface area contributed by atoms with Gasteiger partial charge in [-0.2, -0.15) is 0 Å². The average molecular weight is 398 g/mol. The van der Waals surface area contributed by atoms with Gasteiger partial charge in [0.1, 0.15) is 0 Å². The lowest BCUT2D eigenvalue weighted by Gasteiger charge is -2.39. The Labute approximate surface area is 156 Å². The fraction of sp³-hybridized carbons (Fsp3) is 0.286. The molecule has 0 radical (unpaired) electrons. The van der Waals surface area contributed by atoms with Gasteiger partial charge >= 0.3 is 5.97 Å². The van der Waals surface area contributed by atoms with Crippen LogP contribution in [-0.4, -0.2) is 13.1 Å². The van der Waals surface area contributed by atoms with Crippen LogP contribution in [0, 0.1) is 12.8 Å². The number of carbonyl (C=O) groups excluding carboxylic acids is 1. The number of allylic oxidation sites excluding steroid dienone is 2. The Morgan fingerprint density at radius 1 is 1.24 bits per heavy atom. The van der Waals surface area contributed by atoms with E-state index < -0.39 is 0 Å². The largest absolute Gasteiger partial charge is 0.465 e. The van der Waals surface area contributed by atoms with Gasteiger partial charge in [0.2, 0.25) is 0 Å². The van der Waals surface area contributed by atoms with Crippen LogP contribution in [0.4, 0.5) is 5.69 Å². The summed E-state index contributed by atoms with van der Waals surface area (Å²) in [6, 6.07) is 12.5. The van der Waals surface area contributed by atoms with Crippen LogP contribution in [0.15, 0.2) is 53.0 Å². The Hall–Kier alpha value is -2.07. The summed E-state index contributed by atoms with van der Waals surface area (Å²) >= 11 is 3.70. The van der Waals surface area contributed by atoms with Gasteiger partial charge in [0.15, 0.2) is 0 Å². The molecule has 0 unspecified atom stereocenters. The molecule has 25 heavy (non-hydrogen) atoms. The number of anilines is 1. The van der Waals surface area contributed by atoms with Crippen molar-refractivity contribution in [2.24, 2.45) is 5.92 Å². The first-order valence-corrected chi connectivity index (χ1v) is 9.30. The highest BCUT2D eigenvalue weighted by molar-refractivity contribution is 9.10. The average Bonchev–Trinajstić information content (AvgIpc) is 3.11. The van der Waals surface area contributed by atoms with Gasteiger partial charge < -0.3 is 10.1 Å². The molecule has 1 heterocycles. The molecule has 0 bridgehead atoms. The highest BCUT2D eigenvalue weighted by Crippen LogP contribution is 2.52. The number of nitrogens with one attached hydrogen (secondary N) is 1. The molecule has 0 amide bonds. The van der Waals surface area contributed by atoms with Crippen molar-refractivity contribution in [1.29, 1.82) is 0 Å².